The van der Waals surface area contributed by atoms with Gasteiger partial charge in [0.2, 0.25) is 5.91 Å². The lowest BCUT2D eigenvalue weighted by molar-refractivity contribution is -0.123. The van der Waals surface area contributed by atoms with Crippen molar-refractivity contribution in [1.82, 2.24) is 16.0 Å². The van der Waals surface area contributed by atoms with Crippen LogP contribution in [0.3, 0.4) is 0 Å². The predicted octanol–water partition coefficient (Wildman–Crippen LogP) is 1.03. The van der Waals surface area contributed by atoms with Crippen LogP contribution in [0.1, 0.15) is 36.1 Å². The maximum atomic E-state index is 12.0. The number of benzene rings is 1. The zero-order chi connectivity index (χ0) is 14.1. The maximum Gasteiger partial charge on any atom is 0.315 e. The first-order chi connectivity index (χ1) is 9.63. The smallest absolute Gasteiger partial charge is 0.315 e. The van der Waals surface area contributed by atoms with Crippen LogP contribution in [0.25, 0.3) is 0 Å². The number of hydrogen-bond acceptors (Lipinski definition) is 2. The molecule has 106 valence electrons. The lowest BCUT2D eigenvalue weighted by Crippen LogP contribution is -2.43. The number of nitrogens with one attached hydrogen (secondary N) is 3. The van der Waals surface area contributed by atoms with Crippen molar-refractivity contribution in [3.05, 3.63) is 34.9 Å². The molecule has 0 bridgehead atoms. The molecule has 5 nitrogen and oxygen atoms in total. The Labute approximate surface area is 118 Å². The quantitative estimate of drug-likeness (QED) is 0.770. The van der Waals surface area contributed by atoms with Crippen LogP contribution in [0.4, 0.5) is 4.79 Å². The lowest BCUT2D eigenvalue weighted by Gasteiger charge is -2.18. The van der Waals surface area contributed by atoms with E-state index in [0.29, 0.717) is 6.54 Å². The highest BCUT2D eigenvalue weighted by atomic mass is 16.2. The molecular weight excluding hydrogens is 254 g/mol. The van der Waals surface area contributed by atoms with Crippen molar-refractivity contribution >= 4 is 11.9 Å². The average molecular weight is 273 g/mol. The largest absolute Gasteiger partial charge is 0.348 e. The Balaban J connectivity index is 1.65. The predicted molar refractivity (Wildman–Crippen MR) is 75.3 cm³/mol. The van der Waals surface area contributed by atoms with Gasteiger partial charge in [0.05, 0.1) is 6.04 Å². The molecule has 1 aromatic rings. The summed E-state index contributed by atoms with van der Waals surface area (Å²) in [7, 11) is 0. The Kier molecular flexibility index (Phi) is 3.34. The van der Waals surface area contributed by atoms with Gasteiger partial charge in [-0.15, -0.1) is 0 Å². The van der Waals surface area contributed by atoms with E-state index < -0.39 is 6.04 Å². The monoisotopic (exact) mass is 273 g/mol. The second-order valence-corrected chi connectivity index (χ2v) is 5.52. The van der Waals surface area contributed by atoms with Gasteiger partial charge < -0.3 is 16.0 Å². The summed E-state index contributed by atoms with van der Waals surface area (Å²) < 4.78 is 0. The minimum atomic E-state index is -0.473. The van der Waals surface area contributed by atoms with E-state index in [1.807, 2.05) is 6.92 Å². The standard InChI is InChI=1S/C15H19N3O2/c1-9(17-14(19)13-8-16-15(20)18-13)11-6-5-10-3-2-4-12(10)7-11/h5-7,9,13H,2-4,8H2,1H3,(H,17,19)(H2,16,18,20)/t9-,13+/m0/s1. The third-order valence-electron chi connectivity index (χ3n) is 4.07. The molecule has 1 aliphatic heterocycles. The van der Waals surface area contributed by atoms with E-state index in [2.05, 4.69) is 34.1 Å². The Morgan fingerprint density at radius 2 is 2.15 bits per heavy atom. The average Bonchev–Trinajstić information content (AvgIpc) is 3.05. The minimum Gasteiger partial charge on any atom is -0.348 e. The normalized spacial score (nSPS) is 21.9. The number of aryl methyl sites for hydroxylation is 2. The molecule has 0 spiro atoms. The molecule has 1 heterocycles. The Hall–Kier alpha value is -2.04. The Bertz CT molecular complexity index is 556. The number of amides is 3. The summed E-state index contributed by atoms with van der Waals surface area (Å²) in [6, 6.07) is 5.64. The number of rotatable bonds is 3. The number of carbonyl (C=O) groups excluding carboxylic acids is 2. The van der Waals surface area contributed by atoms with E-state index in [0.717, 1.165) is 18.4 Å². The van der Waals surface area contributed by atoms with Crippen LogP contribution in [0.15, 0.2) is 18.2 Å². The number of urea groups is 1. The second-order valence-electron chi connectivity index (χ2n) is 5.52. The molecule has 1 saturated heterocycles. The van der Waals surface area contributed by atoms with E-state index in [9.17, 15) is 9.59 Å². The highest BCUT2D eigenvalue weighted by molar-refractivity contribution is 5.90. The van der Waals surface area contributed by atoms with Gasteiger partial charge in [0.15, 0.2) is 0 Å². The van der Waals surface area contributed by atoms with Crippen molar-refractivity contribution < 1.29 is 9.59 Å². The van der Waals surface area contributed by atoms with Crippen LogP contribution >= 0.6 is 0 Å². The molecule has 20 heavy (non-hydrogen) atoms. The zero-order valence-electron chi connectivity index (χ0n) is 11.5. The van der Waals surface area contributed by atoms with Crippen molar-refractivity contribution in [1.29, 1.82) is 0 Å². The van der Waals surface area contributed by atoms with Crippen molar-refractivity contribution in [2.75, 3.05) is 6.54 Å². The van der Waals surface area contributed by atoms with E-state index in [1.54, 1.807) is 0 Å². The molecule has 0 aromatic heterocycles. The molecule has 0 unspecified atom stereocenters. The topological polar surface area (TPSA) is 70.2 Å². The molecule has 3 N–H and O–H groups in total. The second kappa shape index (κ2) is 5.15. The van der Waals surface area contributed by atoms with Gasteiger partial charge in [0, 0.05) is 6.54 Å². The van der Waals surface area contributed by atoms with Crippen molar-refractivity contribution in [2.24, 2.45) is 0 Å². The Morgan fingerprint density at radius 3 is 2.90 bits per heavy atom. The van der Waals surface area contributed by atoms with Crippen LogP contribution in [0, 0.1) is 0 Å². The van der Waals surface area contributed by atoms with Crippen molar-refractivity contribution in [2.45, 2.75) is 38.3 Å². The van der Waals surface area contributed by atoms with Crippen molar-refractivity contribution in [3.63, 3.8) is 0 Å². The molecule has 2 atom stereocenters. The molecule has 3 amide bonds. The van der Waals surface area contributed by atoms with E-state index >= 15 is 0 Å². The molecule has 0 saturated carbocycles. The summed E-state index contributed by atoms with van der Waals surface area (Å²) in [6.45, 7) is 2.32. The first-order valence-corrected chi connectivity index (χ1v) is 7.10. The van der Waals surface area contributed by atoms with Crippen LogP contribution < -0.4 is 16.0 Å². The molecule has 1 fully saturated rings. The van der Waals surface area contributed by atoms with Crippen molar-refractivity contribution in [3.8, 4) is 0 Å². The van der Waals surface area contributed by atoms with Gasteiger partial charge in [-0.1, -0.05) is 18.2 Å². The maximum absolute atomic E-state index is 12.0. The minimum absolute atomic E-state index is 0.0501. The van der Waals surface area contributed by atoms with Gasteiger partial charge in [-0.2, -0.15) is 0 Å². The van der Waals surface area contributed by atoms with Gasteiger partial charge >= 0.3 is 6.03 Å². The third-order valence-corrected chi connectivity index (χ3v) is 4.07. The zero-order valence-corrected chi connectivity index (χ0v) is 11.5. The summed E-state index contributed by atoms with van der Waals surface area (Å²) >= 11 is 0. The molecular formula is C15H19N3O2. The summed E-state index contributed by atoms with van der Waals surface area (Å²) in [5.41, 5.74) is 3.95. The summed E-state index contributed by atoms with van der Waals surface area (Å²) in [5, 5.41) is 8.13. The fourth-order valence-corrected chi connectivity index (χ4v) is 2.87. The molecule has 5 heteroatoms. The van der Waals surface area contributed by atoms with Crippen LogP contribution in [-0.4, -0.2) is 24.5 Å². The first-order valence-electron chi connectivity index (χ1n) is 7.10. The number of carbonyl (C=O) groups is 2. The van der Waals surface area contributed by atoms with Gasteiger partial charge in [0.1, 0.15) is 6.04 Å². The number of hydrogen-bond donors (Lipinski definition) is 3. The van der Waals surface area contributed by atoms with Gasteiger partial charge in [-0.25, -0.2) is 4.79 Å². The lowest BCUT2D eigenvalue weighted by atomic mass is 10.0. The molecule has 1 aromatic carbocycles. The van der Waals surface area contributed by atoms with E-state index in [1.165, 1.54) is 17.5 Å². The third kappa shape index (κ3) is 2.48. The Morgan fingerprint density at radius 1 is 1.35 bits per heavy atom. The van der Waals surface area contributed by atoms with Gasteiger partial charge in [-0.3, -0.25) is 4.79 Å². The molecule has 0 radical (unpaired) electrons. The molecule has 3 rings (SSSR count). The molecule has 1 aliphatic carbocycles. The van der Waals surface area contributed by atoms with Crippen LogP contribution in [-0.2, 0) is 17.6 Å². The fourth-order valence-electron chi connectivity index (χ4n) is 2.87. The SMILES string of the molecule is C[C@H](NC(=O)[C@H]1CNC(=O)N1)c1ccc2c(c1)CCC2. The first kappa shape index (κ1) is 13.0. The van der Waals surface area contributed by atoms with E-state index in [-0.39, 0.29) is 18.0 Å². The van der Waals surface area contributed by atoms with Gasteiger partial charge in [-0.05, 0) is 42.9 Å². The van der Waals surface area contributed by atoms with E-state index in [4.69, 9.17) is 0 Å². The van der Waals surface area contributed by atoms with Gasteiger partial charge in [0.25, 0.3) is 0 Å². The summed E-state index contributed by atoms with van der Waals surface area (Å²) in [6.07, 6.45) is 3.52. The van der Waals surface area contributed by atoms with Crippen LogP contribution in [0.2, 0.25) is 0 Å². The van der Waals surface area contributed by atoms with Crippen LogP contribution in [0.5, 0.6) is 0 Å². The number of fused-ring (bicyclic) bond motifs is 1. The summed E-state index contributed by atoms with van der Waals surface area (Å²) in [5.74, 6) is -0.142. The summed E-state index contributed by atoms with van der Waals surface area (Å²) in [4.78, 5) is 23.1. The molecule has 2 aliphatic rings. The highest BCUT2D eigenvalue weighted by Crippen LogP contribution is 2.25. The fraction of sp³-hybridized carbons (Fsp3) is 0.467. The highest BCUT2D eigenvalue weighted by Gasteiger charge is 2.27.